The van der Waals surface area contributed by atoms with Gasteiger partial charge in [0, 0.05) is 52.5 Å². The van der Waals surface area contributed by atoms with E-state index in [9.17, 15) is 0 Å². The molecule has 0 amide bonds. The van der Waals surface area contributed by atoms with Gasteiger partial charge in [0.15, 0.2) is 0 Å². The molecule has 1 spiro atoms. The molecule has 0 radical (unpaired) electrons. The first kappa shape index (κ1) is 18.1. The Morgan fingerprint density at radius 3 is 2.32 bits per heavy atom. The van der Waals surface area contributed by atoms with Crippen molar-refractivity contribution in [3.8, 4) is 0 Å². The van der Waals surface area contributed by atoms with Gasteiger partial charge in [-0.1, -0.05) is 0 Å². The molecule has 2 atom stereocenters. The van der Waals surface area contributed by atoms with Gasteiger partial charge in [-0.15, -0.1) is 0 Å². The zero-order valence-corrected chi connectivity index (χ0v) is 15.5. The van der Waals surface area contributed by atoms with E-state index in [-0.39, 0.29) is 5.60 Å². The van der Waals surface area contributed by atoms with Crippen LogP contribution in [0, 0.1) is 5.92 Å². The maximum atomic E-state index is 6.62. The molecular weight excluding hydrogens is 320 g/mol. The summed E-state index contributed by atoms with van der Waals surface area (Å²) in [6.45, 7) is 11.5. The first-order valence-corrected chi connectivity index (χ1v) is 10.2. The lowest BCUT2D eigenvalue weighted by Gasteiger charge is -2.35. The highest BCUT2D eigenvalue weighted by Crippen LogP contribution is 2.34. The molecule has 6 heteroatoms. The van der Waals surface area contributed by atoms with Crippen LogP contribution in [0.15, 0.2) is 0 Å². The molecule has 4 rings (SSSR count). The summed E-state index contributed by atoms with van der Waals surface area (Å²) < 4.78 is 23.6. The third kappa shape index (κ3) is 4.93. The number of hydrogen-bond donors (Lipinski definition) is 0. The predicted molar refractivity (Wildman–Crippen MR) is 94.9 cm³/mol. The SMILES string of the molecule is C1CC(CN2CCOCC3(CCC(CN4CCOCC4)O3)C2)CCO1. The van der Waals surface area contributed by atoms with Crippen molar-refractivity contribution in [2.45, 2.75) is 37.4 Å². The average Bonchev–Trinajstić information content (AvgIpc) is 2.91. The molecular formula is C19H34N2O4. The van der Waals surface area contributed by atoms with E-state index in [2.05, 4.69) is 9.80 Å². The van der Waals surface area contributed by atoms with Gasteiger partial charge >= 0.3 is 0 Å². The van der Waals surface area contributed by atoms with Crippen LogP contribution < -0.4 is 0 Å². The quantitative estimate of drug-likeness (QED) is 0.750. The van der Waals surface area contributed by atoms with E-state index in [1.807, 2.05) is 0 Å². The molecule has 4 aliphatic heterocycles. The lowest BCUT2D eigenvalue weighted by Crippen LogP contribution is -2.47. The van der Waals surface area contributed by atoms with Gasteiger partial charge in [0.1, 0.15) is 5.60 Å². The zero-order valence-electron chi connectivity index (χ0n) is 15.5. The van der Waals surface area contributed by atoms with Crippen LogP contribution in [0.3, 0.4) is 0 Å². The van der Waals surface area contributed by atoms with Crippen molar-refractivity contribution in [2.24, 2.45) is 5.92 Å². The molecule has 144 valence electrons. The van der Waals surface area contributed by atoms with Gasteiger partial charge in [-0.05, 0) is 31.6 Å². The molecule has 0 bridgehead atoms. The fourth-order valence-corrected chi connectivity index (χ4v) is 4.75. The van der Waals surface area contributed by atoms with Crippen LogP contribution in [0.4, 0.5) is 0 Å². The van der Waals surface area contributed by atoms with Crippen LogP contribution in [0.2, 0.25) is 0 Å². The minimum Gasteiger partial charge on any atom is -0.381 e. The van der Waals surface area contributed by atoms with Gasteiger partial charge < -0.3 is 18.9 Å². The van der Waals surface area contributed by atoms with Crippen LogP contribution in [-0.4, -0.2) is 100 Å². The molecule has 25 heavy (non-hydrogen) atoms. The second kappa shape index (κ2) is 8.63. The molecule has 4 fully saturated rings. The highest BCUT2D eigenvalue weighted by molar-refractivity contribution is 4.94. The Hall–Kier alpha value is -0.240. The lowest BCUT2D eigenvalue weighted by molar-refractivity contribution is -0.0973. The second-order valence-corrected chi connectivity index (χ2v) is 8.22. The minimum atomic E-state index is -0.0847. The van der Waals surface area contributed by atoms with E-state index in [0.29, 0.717) is 6.10 Å². The molecule has 4 heterocycles. The Balaban J connectivity index is 1.30. The average molecular weight is 354 g/mol. The van der Waals surface area contributed by atoms with Crippen molar-refractivity contribution in [1.82, 2.24) is 9.80 Å². The number of ether oxygens (including phenoxy) is 4. The molecule has 0 aromatic rings. The minimum absolute atomic E-state index is 0.0847. The van der Waals surface area contributed by atoms with E-state index in [4.69, 9.17) is 18.9 Å². The summed E-state index contributed by atoms with van der Waals surface area (Å²) in [5.41, 5.74) is -0.0847. The first-order chi connectivity index (χ1) is 12.3. The maximum absolute atomic E-state index is 6.62. The second-order valence-electron chi connectivity index (χ2n) is 8.22. The fourth-order valence-electron chi connectivity index (χ4n) is 4.75. The van der Waals surface area contributed by atoms with Crippen molar-refractivity contribution in [1.29, 1.82) is 0 Å². The molecule has 2 unspecified atom stereocenters. The van der Waals surface area contributed by atoms with Gasteiger partial charge in [-0.3, -0.25) is 9.80 Å². The normalized spacial score (nSPS) is 36.7. The molecule has 0 aliphatic carbocycles. The van der Waals surface area contributed by atoms with E-state index < -0.39 is 0 Å². The number of hydrogen-bond acceptors (Lipinski definition) is 6. The topological polar surface area (TPSA) is 43.4 Å². The van der Waals surface area contributed by atoms with Crippen LogP contribution in [0.5, 0.6) is 0 Å². The maximum Gasteiger partial charge on any atom is 0.105 e. The number of morpholine rings is 1. The zero-order chi connectivity index (χ0) is 17.0. The summed E-state index contributed by atoms with van der Waals surface area (Å²) in [6, 6.07) is 0. The first-order valence-electron chi connectivity index (χ1n) is 10.2. The van der Waals surface area contributed by atoms with Crippen LogP contribution in [-0.2, 0) is 18.9 Å². The highest BCUT2D eigenvalue weighted by atomic mass is 16.6. The lowest BCUT2D eigenvalue weighted by atomic mass is 9.97. The Labute approximate surface area is 151 Å². The smallest absolute Gasteiger partial charge is 0.105 e. The molecule has 0 saturated carbocycles. The van der Waals surface area contributed by atoms with E-state index in [1.165, 1.54) is 19.4 Å². The third-order valence-corrected chi connectivity index (χ3v) is 6.19. The van der Waals surface area contributed by atoms with Crippen LogP contribution in [0.1, 0.15) is 25.7 Å². The molecule has 0 aromatic heterocycles. The largest absolute Gasteiger partial charge is 0.381 e. The van der Waals surface area contributed by atoms with Crippen LogP contribution in [0.25, 0.3) is 0 Å². The van der Waals surface area contributed by atoms with E-state index in [1.54, 1.807) is 0 Å². The summed E-state index contributed by atoms with van der Waals surface area (Å²) in [6.07, 6.45) is 5.04. The van der Waals surface area contributed by atoms with Gasteiger partial charge in [-0.25, -0.2) is 0 Å². The summed E-state index contributed by atoms with van der Waals surface area (Å²) in [7, 11) is 0. The van der Waals surface area contributed by atoms with Crippen LogP contribution >= 0.6 is 0 Å². The Kier molecular flexibility index (Phi) is 6.26. The summed E-state index contributed by atoms with van der Waals surface area (Å²) in [5.74, 6) is 0.773. The van der Waals surface area contributed by atoms with Gasteiger partial charge in [-0.2, -0.15) is 0 Å². The highest BCUT2D eigenvalue weighted by Gasteiger charge is 2.43. The fraction of sp³-hybridized carbons (Fsp3) is 1.00. The van der Waals surface area contributed by atoms with Gasteiger partial charge in [0.05, 0.1) is 32.5 Å². The molecule has 0 aromatic carbocycles. The van der Waals surface area contributed by atoms with Gasteiger partial charge in [0.2, 0.25) is 0 Å². The number of rotatable bonds is 4. The molecule has 4 saturated heterocycles. The number of nitrogens with zero attached hydrogens (tertiary/aromatic N) is 2. The van der Waals surface area contributed by atoms with E-state index in [0.717, 1.165) is 91.1 Å². The van der Waals surface area contributed by atoms with Crippen molar-refractivity contribution in [2.75, 3.05) is 78.9 Å². The molecule has 0 N–H and O–H groups in total. The Morgan fingerprint density at radius 2 is 1.48 bits per heavy atom. The van der Waals surface area contributed by atoms with Crippen molar-refractivity contribution >= 4 is 0 Å². The van der Waals surface area contributed by atoms with Gasteiger partial charge in [0.25, 0.3) is 0 Å². The third-order valence-electron chi connectivity index (χ3n) is 6.19. The van der Waals surface area contributed by atoms with Crippen molar-refractivity contribution < 1.29 is 18.9 Å². The Bertz CT molecular complexity index is 412. The van der Waals surface area contributed by atoms with E-state index >= 15 is 0 Å². The Morgan fingerprint density at radius 1 is 0.760 bits per heavy atom. The molecule has 6 nitrogen and oxygen atoms in total. The summed E-state index contributed by atoms with van der Waals surface area (Å²) >= 11 is 0. The summed E-state index contributed by atoms with van der Waals surface area (Å²) in [5, 5.41) is 0. The monoisotopic (exact) mass is 354 g/mol. The standard InChI is InChI=1S/C19H34N2O4/c1-4-19(25-18(1)14-20-5-10-23-11-6-20)15-21(7-12-24-16-19)13-17-2-8-22-9-3-17/h17-18H,1-16H2. The predicted octanol–water partition coefficient (Wildman–Crippen LogP) is 0.995. The van der Waals surface area contributed by atoms with Crippen molar-refractivity contribution in [3.05, 3.63) is 0 Å². The molecule has 4 aliphatic rings. The summed E-state index contributed by atoms with van der Waals surface area (Å²) in [4.78, 5) is 5.09. The van der Waals surface area contributed by atoms with Crippen molar-refractivity contribution in [3.63, 3.8) is 0 Å².